The third-order valence-corrected chi connectivity index (χ3v) is 7.04. The van der Waals surface area contributed by atoms with Crippen molar-refractivity contribution in [1.29, 1.82) is 0 Å². The monoisotopic (exact) mass is 408 g/mol. The first-order valence-electron chi connectivity index (χ1n) is 10.0. The molecule has 4 aromatic rings. The number of rotatable bonds is 2. The largest absolute Gasteiger partial charge is 0.378 e. The molecule has 5 nitrogen and oxygen atoms in total. The smallest absolute Gasteiger partial charge is 0.186 e. The van der Waals surface area contributed by atoms with Gasteiger partial charge in [0.25, 0.3) is 0 Å². The molecule has 148 valence electrons. The van der Waals surface area contributed by atoms with Gasteiger partial charge >= 0.3 is 0 Å². The van der Waals surface area contributed by atoms with E-state index in [1.54, 1.807) is 17.4 Å². The second-order valence-corrected chi connectivity index (χ2v) is 8.70. The molecule has 1 N–H and O–H groups in total. The van der Waals surface area contributed by atoms with Crippen LogP contribution in [0.25, 0.3) is 21.1 Å². The van der Waals surface area contributed by atoms with Gasteiger partial charge < -0.3 is 19.5 Å². The molecule has 0 radical (unpaired) electrons. The zero-order chi connectivity index (χ0) is 19.4. The summed E-state index contributed by atoms with van der Waals surface area (Å²) in [6.07, 6.45) is 0.910. The number of thiazole rings is 1. The van der Waals surface area contributed by atoms with Gasteiger partial charge in [0, 0.05) is 41.9 Å². The van der Waals surface area contributed by atoms with Gasteiger partial charge in [-0.25, -0.2) is 9.37 Å². The third-order valence-electron chi connectivity index (χ3n) is 5.94. The molecule has 0 saturated carbocycles. The molecule has 0 unspecified atom stereocenters. The number of hydrogen-bond donors (Lipinski definition) is 1. The van der Waals surface area contributed by atoms with Gasteiger partial charge in [-0.2, -0.15) is 0 Å². The van der Waals surface area contributed by atoms with Gasteiger partial charge in [0.15, 0.2) is 5.13 Å². The Balaban J connectivity index is 1.30. The van der Waals surface area contributed by atoms with Crippen molar-refractivity contribution in [2.75, 3.05) is 42.6 Å². The van der Waals surface area contributed by atoms with Crippen LogP contribution in [0.3, 0.4) is 0 Å². The van der Waals surface area contributed by atoms with Crippen LogP contribution in [0, 0.1) is 5.82 Å². The maximum Gasteiger partial charge on any atom is 0.186 e. The number of halogens is 1. The molecule has 0 spiro atoms. The van der Waals surface area contributed by atoms with Crippen LogP contribution >= 0.6 is 11.3 Å². The van der Waals surface area contributed by atoms with Gasteiger partial charge in [0.2, 0.25) is 0 Å². The molecular formula is C22H21FN4OS. The Morgan fingerprint density at radius 2 is 1.93 bits per heavy atom. The SMILES string of the molecule is Fc1ccc2[nH]c3c(c2c1)CCN(c1ccc2sc(N4CCOCC4)nc2c1)C3. The average Bonchev–Trinajstić information content (AvgIpc) is 3.34. The van der Waals surface area contributed by atoms with Gasteiger partial charge in [-0.1, -0.05) is 11.3 Å². The number of fused-ring (bicyclic) bond motifs is 4. The molecule has 1 saturated heterocycles. The highest BCUT2D eigenvalue weighted by molar-refractivity contribution is 7.22. The van der Waals surface area contributed by atoms with Gasteiger partial charge in [-0.05, 0) is 48.4 Å². The molecular weight excluding hydrogens is 387 g/mol. The van der Waals surface area contributed by atoms with Gasteiger partial charge in [0.1, 0.15) is 5.82 Å². The molecule has 6 rings (SSSR count). The van der Waals surface area contributed by atoms with E-state index in [-0.39, 0.29) is 5.82 Å². The van der Waals surface area contributed by atoms with E-state index in [0.717, 1.165) is 67.4 Å². The highest BCUT2D eigenvalue weighted by Crippen LogP contribution is 2.34. The quantitative estimate of drug-likeness (QED) is 0.537. The van der Waals surface area contributed by atoms with Crippen molar-refractivity contribution in [1.82, 2.24) is 9.97 Å². The minimum atomic E-state index is -0.174. The summed E-state index contributed by atoms with van der Waals surface area (Å²) in [4.78, 5) is 13.1. The van der Waals surface area contributed by atoms with Gasteiger partial charge in [0.05, 0.1) is 30.0 Å². The summed E-state index contributed by atoms with van der Waals surface area (Å²) >= 11 is 1.75. The lowest BCUT2D eigenvalue weighted by molar-refractivity contribution is 0.122. The molecule has 4 heterocycles. The number of hydrogen-bond acceptors (Lipinski definition) is 5. The molecule has 2 aromatic carbocycles. The summed E-state index contributed by atoms with van der Waals surface area (Å²) in [5.74, 6) is -0.174. The van der Waals surface area contributed by atoms with Crippen LogP contribution in [0.5, 0.6) is 0 Å². The number of aromatic amines is 1. The second-order valence-electron chi connectivity index (χ2n) is 7.69. The fourth-order valence-electron chi connectivity index (χ4n) is 4.42. The Hall–Kier alpha value is -2.64. The lowest BCUT2D eigenvalue weighted by atomic mass is 10.0. The predicted molar refractivity (Wildman–Crippen MR) is 116 cm³/mol. The van der Waals surface area contributed by atoms with E-state index in [1.165, 1.54) is 27.7 Å². The van der Waals surface area contributed by atoms with Gasteiger partial charge in [-0.15, -0.1) is 0 Å². The summed E-state index contributed by atoms with van der Waals surface area (Å²) in [5, 5.41) is 2.10. The molecule has 2 aromatic heterocycles. The highest BCUT2D eigenvalue weighted by atomic mass is 32.1. The van der Waals surface area contributed by atoms with Crippen LogP contribution in [-0.4, -0.2) is 42.8 Å². The molecule has 2 aliphatic heterocycles. The summed E-state index contributed by atoms with van der Waals surface area (Å²) in [6, 6.07) is 11.6. The number of nitrogens with zero attached hydrogens (tertiary/aromatic N) is 3. The number of H-pyrrole nitrogens is 1. The minimum absolute atomic E-state index is 0.174. The first kappa shape index (κ1) is 17.2. The van der Waals surface area contributed by atoms with Crippen molar-refractivity contribution in [2.45, 2.75) is 13.0 Å². The van der Waals surface area contributed by atoms with Crippen LogP contribution in [0.4, 0.5) is 15.2 Å². The molecule has 7 heteroatoms. The summed E-state index contributed by atoms with van der Waals surface area (Å²) in [6.45, 7) is 5.07. The lowest BCUT2D eigenvalue weighted by Gasteiger charge is -2.29. The fourth-order valence-corrected chi connectivity index (χ4v) is 5.42. The molecule has 1 fully saturated rings. The normalized spacial score (nSPS) is 17.3. The standard InChI is InChI=1S/C22H21FN4OS/c23-14-1-3-18-17(11-14)16-5-6-27(13-20(16)24-18)15-2-4-21-19(12-15)25-22(29-21)26-7-9-28-10-8-26/h1-4,11-12,24H,5-10,13H2. The lowest BCUT2D eigenvalue weighted by Crippen LogP contribution is -2.36. The molecule has 2 aliphatic rings. The minimum Gasteiger partial charge on any atom is -0.378 e. The summed E-state index contributed by atoms with van der Waals surface area (Å²) in [5.41, 5.74) is 5.69. The first-order valence-corrected chi connectivity index (χ1v) is 10.8. The second kappa shape index (κ2) is 6.71. The van der Waals surface area contributed by atoms with Crippen LogP contribution in [-0.2, 0) is 17.7 Å². The van der Waals surface area contributed by atoms with Crippen LogP contribution in [0.15, 0.2) is 36.4 Å². The van der Waals surface area contributed by atoms with Crippen LogP contribution < -0.4 is 9.80 Å². The number of anilines is 2. The van der Waals surface area contributed by atoms with Crippen molar-refractivity contribution in [3.63, 3.8) is 0 Å². The Bertz CT molecular complexity index is 1210. The van der Waals surface area contributed by atoms with Crippen molar-refractivity contribution in [3.05, 3.63) is 53.5 Å². The number of nitrogens with one attached hydrogen (secondary N) is 1. The Morgan fingerprint density at radius 1 is 1.03 bits per heavy atom. The molecule has 29 heavy (non-hydrogen) atoms. The average molecular weight is 409 g/mol. The number of aromatic nitrogens is 2. The van der Waals surface area contributed by atoms with E-state index < -0.39 is 0 Å². The van der Waals surface area contributed by atoms with Crippen molar-refractivity contribution in [2.24, 2.45) is 0 Å². The van der Waals surface area contributed by atoms with Crippen molar-refractivity contribution < 1.29 is 9.13 Å². The van der Waals surface area contributed by atoms with E-state index in [0.29, 0.717) is 0 Å². The van der Waals surface area contributed by atoms with Gasteiger partial charge in [-0.3, -0.25) is 0 Å². The van der Waals surface area contributed by atoms with Crippen LogP contribution in [0.1, 0.15) is 11.3 Å². The summed E-state index contributed by atoms with van der Waals surface area (Å²) < 4.78 is 20.3. The summed E-state index contributed by atoms with van der Waals surface area (Å²) in [7, 11) is 0. The van der Waals surface area contributed by atoms with E-state index in [9.17, 15) is 4.39 Å². The molecule has 0 aliphatic carbocycles. The molecule has 0 amide bonds. The fraction of sp³-hybridized carbons (Fsp3) is 0.318. The van der Waals surface area contributed by atoms with E-state index in [2.05, 4.69) is 33.0 Å². The zero-order valence-corrected chi connectivity index (χ0v) is 16.8. The maximum absolute atomic E-state index is 13.7. The van der Waals surface area contributed by atoms with E-state index in [4.69, 9.17) is 9.72 Å². The maximum atomic E-state index is 13.7. The van der Waals surface area contributed by atoms with Crippen molar-refractivity contribution in [3.8, 4) is 0 Å². The predicted octanol–water partition coefficient (Wildman–Crippen LogP) is 4.32. The molecule has 0 atom stereocenters. The first-order chi connectivity index (χ1) is 14.2. The Kier molecular flexibility index (Phi) is 3.99. The number of morpholine rings is 1. The van der Waals surface area contributed by atoms with E-state index >= 15 is 0 Å². The Morgan fingerprint density at radius 3 is 2.83 bits per heavy atom. The van der Waals surface area contributed by atoms with Crippen molar-refractivity contribution >= 4 is 43.3 Å². The van der Waals surface area contributed by atoms with E-state index in [1.807, 2.05) is 6.07 Å². The highest BCUT2D eigenvalue weighted by Gasteiger charge is 2.22. The topological polar surface area (TPSA) is 44.4 Å². The number of ether oxygens (including phenoxy) is 1. The van der Waals surface area contributed by atoms with Crippen LogP contribution in [0.2, 0.25) is 0 Å². The third kappa shape index (κ3) is 2.96. The Labute approximate surface area is 171 Å². The molecule has 0 bridgehead atoms. The number of benzene rings is 2. The zero-order valence-electron chi connectivity index (χ0n) is 15.9.